The SMILES string of the molecule is CCC1CCC(CNC)C(Cc2cccc(Cl)c2Cl)C1. The van der Waals surface area contributed by atoms with E-state index in [-0.39, 0.29) is 0 Å². The molecule has 3 unspecified atom stereocenters. The minimum Gasteiger partial charge on any atom is -0.319 e. The molecule has 1 N–H and O–H groups in total. The molecule has 3 heteroatoms. The fourth-order valence-electron chi connectivity index (χ4n) is 3.56. The van der Waals surface area contributed by atoms with E-state index in [9.17, 15) is 0 Å². The van der Waals surface area contributed by atoms with Crippen LogP contribution < -0.4 is 5.32 Å². The van der Waals surface area contributed by atoms with Gasteiger partial charge in [-0.3, -0.25) is 0 Å². The first kappa shape index (κ1) is 16.1. The highest BCUT2D eigenvalue weighted by molar-refractivity contribution is 6.42. The van der Waals surface area contributed by atoms with E-state index < -0.39 is 0 Å². The fraction of sp³-hybridized carbons (Fsp3) is 0.647. The van der Waals surface area contributed by atoms with E-state index in [1.165, 1.54) is 31.2 Å². The van der Waals surface area contributed by atoms with Gasteiger partial charge in [-0.2, -0.15) is 0 Å². The number of benzene rings is 1. The zero-order valence-electron chi connectivity index (χ0n) is 12.5. The van der Waals surface area contributed by atoms with Crippen LogP contribution >= 0.6 is 23.2 Å². The average Bonchev–Trinajstić information content (AvgIpc) is 2.46. The minimum atomic E-state index is 0.678. The van der Waals surface area contributed by atoms with E-state index in [1.807, 2.05) is 12.1 Å². The molecule has 0 aliphatic heterocycles. The number of nitrogens with one attached hydrogen (secondary N) is 1. The van der Waals surface area contributed by atoms with Gasteiger partial charge < -0.3 is 5.32 Å². The molecule has 1 nitrogen and oxygen atoms in total. The predicted molar refractivity (Wildman–Crippen MR) is 88.7 cm³/mol. The van der Waals surface area contributed by atoms with Gasteiger partial charge in [0.05, 0.1) is 10.0 Å². The summed E-state index contributed by atoms with van der Waals surface area (Å²) in [5, 5.41) is 4.78. The lowest BCUT2D eigenvalue weighted by Crippen LogP contribution is -2.33. The van der Waals surface area contributed by atoms with Crippen LogP contribution in [-0.2, 0) is 6.42 Å². The number of rotatable bonds is 5. The van der Waals surface area contributed by atoms with Crippen molar-refractivity contribution in [2.75, 3.05) is 13.6 Å². The van der Waals surface area contributed by atoms with Crippen molar-refractivity contribution in [1.82, 2.24) is 5.32 Å². The van der Waals surface area contributed by atoms with E-state index in [0.717, 1.165) is 35.7 Å². The number of hydrogen-bond donors (Lipinski definition) is 1. The molecule has 1 aromatic rings. The predicted octanol–water partition coefficient (Wildman–Crippen LogP) is 5.20. The van der Waals surface area contributed by atoms with Crippen LogP contribution in [0.3, 0.4) is 0 Å². The summed E-state index contributed by atoms with van der Waals surface area (Å²) in [4.78, 5) is 0. The molecule has 1 fully saturated rings. The highest BCUT2D eigenvalue weighted by Crippen LogP contribution is 2.38. The first-order valence-corrected chi connectivity index (χ1v) is 8.48. The van der Waals surface area contributed by atoms with Crippen molar-refractivity contribution in [3.63, 3.8) is 0 Å². The Morgan fingerprint density at radius 2 is 2.00 bits per heavy atom. The highest BCUT2D eigenvalue weighted by Gasteiger charge is 2.29. The van der Waals surface area contributed by atoms with Gasteiger partial charge in [0.2, 0.25) is 0 Å². The Morgan fingerprint density at radius 3 is 2.70 bits per heavy atom. The van der Waals surface area contributed by atoms with Gasteiger partial charge in [-0.1, -0.05) is 55.1 Å². The maximum absolute atomic E-state index is 6.36. The summed E-state index contributed by atoms with van der Waals surface area (Å²) in [6, 6.07) is 6.01. The van der Waals surface area contributed by atoms with Crippen molar-refractivity contribution in [3.05, 3.63) is 33.8 Å². The van der Waals surface area contributed by atoms with Crippen LogP contribution in [-0.4, -0.2) is 13.6 Å². The van der Waals surface area contributed by atoms with Crippen molar-refractivity contribution in [2.45, 2.75) is 39.0 Å². The molecule has 1 aliphatic rings. The molecule has 112 valence electrons. The van der Waals surface area contributed by atoms with Gasteiger partial charge in [-0.05, 0) is 62.2 Å². The molecule has 2 rings (SSSR count). The van der Waals surface area contributed by atoms with E-state index in [4.69, 9.17) is 23.2 Å². The summed E-state index contributed by atoms with van der Waals surface area (Å²) < 4.78 is 0. The second-order valence-electron chi connectivity index (χ2n) is 6.08. The molecular formula is C17H25Cl2N. The summed E-state index contributed by atoms with van der Waals surface area (Å²) >= 11 is 12.5. The van der Waals surface area contributed by atoms with Crippen LogP contribution in [0.25, 0.3) is 0 Å². The lowest BCUT2D eigenvalue weighted by Gasteiger charge is -2.36. The van der Waals surface area contributed by atoms with Crippen molar-refractivity contribution in [1.29, 1.82) is 0 Å². The Kier molecular flexibility index (Phi) is 6.20. The normalized spacial score (nSPS) is 26.7. The van der Waals surface area contributed by atoms with Crippen LogP contribution in [0.5, 0.6) is 0 Å². The van der Waals surface area contributed by atoms with Gasteiger partial charge in [0.15, 0.2) is 0 Å². The summed E-state index contributed by atoms with van der Waals surface area (Å²) in [6.45, 7) is 3.42. The molecule has 0 heterocycles. The third-order valence-electron chi connectivity index (χ3n) is 4.81. The standard InChI is InChI=1S/C17H25Cl2N/c1-3-12-7-8-14(11-20-2)15(9-12)10-13-5-4-6-16(18)17(13)19/h4-6,12,14-15,20H,3,7-11H2,1-2H3. The first-order chi connectivity index (χ1) is 9.65. The third kappa shape index (κ3) is 3.90. The van der Waals surface area contributed by atoms with Gasteiger partial charge in [-0.15, -0.1) is 0 Å². The van der Waals surface area contributed by atoms with E-state index in [0.29, 0.717) is 5.02 Å². The monoisotopic (exact) mass is 313 g/mol. The molecule has 0 aromatic heterocycles. The highest BCUT2D eigenvalue weighted by atomic mass is 35.5. The average molecular weight is 314 g/mol. The lowest BCUT2D eigenvalue weighted by molar-refractivity contribution is 0.173. The minimum absolute atomic E-state index is 0.678. The molecular weight excluding hydrogens is 289 g/mol. The van der Waals surface area contributed by atoms with E-state index in [1.54, 1.807) is 0 Å². The molecule has 1 aliphatic carbocycles. The molecule has 20 heavy (non-hydrogen) atoms. The summed E-state index contributed by atoms with van der Waals surface area (Å²) in [5.74, 6) is 2.36. The van der Waals surface area contributed by atoms with E-state index in [2.05, 4.69) is 25.4 Å². The van der Waals surface area contributed by atoms with Crippen molar-refractivity contribution in [2.24, 2.45) is 17.8 Å². The van der Waals surface area contributed by atoms with E-state index >= 15 is 0 Å². The van der Waals surface area contributed by atoms with Crippen LogP contribution in [0.2, 0.25) is 10.0 Å². The van der Waals surface area contributed by atoms with Gasteiger partial charge in [0.25, 0.3) is 0 Å². The molecule has 0 amide bonds. The fourth-order valence-corrected chi connectivity index (χ4v) is 3.96. The Hall–Kier alpha value is -0.240. The number of hydrogen-bond acceptors (Lipinski definition) is 1. The third-order valence-corrected chi connectivity index (χ3v) is 5.66. The molecule has 0 spiro atoms. The second kappa shape index (κ2) is 7.68. The lowest BCUT2D eigenvalue weighted by atomic mass is 9.71. The Labute approximate surface area is 133 Å². The maximum Gasteiger partial charge on any atom is 0.0624 e. The zero-order valence-corrected chi connectivity index (χ0v) is 14.0. The summed E-state index contributed by atoms with van der Waals surface area (Å²) in [6.07, 6.45) is 6.39. The molecule has 0 radical (unpaired) electrons. The maximum atomic E-state index is 6.36. The van der Waals surface area contributed by atoms with Crippen LogP contribution in [0, 0.1) is 17.8 Å². The summed E-state index contributed by atoms with van der Waals surface area (Å²) in [5.41, 5.74) is 1.21. The van der Waals surface area contributed by atoms with Crippen LogP contribution in [0.1, 0.15) is 38.2 Å². The molecule has 0 bridgehead atoms. The Bertz CT molecular complexity index is 433. The quantitative estimate of drug-likeness (QED) is 0.788. The Balaban J connectivity index is 2.12. The van der Waals surface area contributed by atoms with Crippen LogP contribution in [0.15, 0.2) is 18.2 Å². The van der Waals surface area contributed by atoms with Crippen LogP contribution in [0.4, 0.5) is 0 Å². The Morgan fingerprint density at radius 1 is 1.20 bits per heavy atom. The van der Waals surface area contributed by atoms with Gasteiger partial charge in [-0.25, -0.2) is 0 Å². The van der Waals surface area contributed by atoms with Gasteiger partial charge in [0.1, 0.15) is 0 Å². The second-order valence-corrected chi connectivity index (χ2v) is 6.87. The largest absolute Gasteiger partial charge is 0.319 e. The molecule has 1 saturated carbocycles. The summed E-state index contributed by atoms with van der Waals surface area (Å²) in [7, 11) is 2.05. The zero-order chi connectivity index (χ0) is 14.5. The van der Waals surface area contributed by atoms with Crippen molar-refractivity contribution >= 4 is 23.2 Å². The molecule has 3 atom stereocenters. The first-order valence-electron chi connectivity index (χ1n) is 7.73. The molecule has 1 aromatic carbocycles. The smallest absolute Gasteiger partial charge is 0.0624 e. The molecule has 0 saturated heterocycles. The van der Waals surface area contributed by atoms with Crippen molar-refractivity contribution in [3.8, 4) is 0 Å². The number of halogens is 2. The van der Waals surface area contributed by atoms with Gasteiger partial charge >= 0.3 is 0 Å². The van der Waals surface area contributed by atoms with Crippen molar-refractivity contribution < 1.29 is 0 Å². The van der Waals surface area contributed by atoms with Gasteiger partial charge in [0, 0.05) is 0 Å². The topological polar surface area (TPSA) is 12.0 Å².